The number of benzene rings is 1. The third-order valence-electron chi connectivity index (χ3n) is 4.47. The monoisotopic (exact) mass is 436 g/mol. The fourth-order valence-electron chi connectivity index (χ4n) is 2.90. The second-order valence-electron chi connectivity index (χ2n) is 6.39. The maximum atomic E-state index is 12.3. The van der Waals surface area contributed by atoms with Crippen molar-refractivity contribution < 1.29 is 27.5 Å². The van der Waals surface area contributed by atoms with Gasteiger partial charge in [0.05, 0.1) is 17.7 Å². The molecular formula is C19H20N2O6S2. The molecule has 0 aliphatic carbocycles. The fraction of sp³-hybridized carbons (Fsp3) is 0.316. The number of amides is 2. The van der Waals surface area contributed by atoms with Gasteiger partial charge < -0.3 is 4.74 Å². The smallest absolute Gasteiger partial charge is 0.305 e. The first-order chi connectivity index (χ1) is 13.8. The SMILES string of the molecule is CN(CCCC(=O)OCCN1C(=O)c2ccccc2C1=O)S(=O)(=O)c1cccs1. The lowest BCUT2D eigenvalue weighted by Gasteiger charge is -2.16. The van der Waals surface area contributed by atoms with E-state index in [1.165, 1.54) is 17.4 Å². The number of carbonyl (C=O) groups excluding carboxylic acids is 3. The van der Waals surface area contributed by atoms with Crippen LogP contribution in [-0.4, -0.2) is 62.2 Å². The lowest BCUT2D eigenvalue weighted by atomic mass is 10.1. The molecule has 2 amide bonds. The van der Waals surface area contributed by atoms with Gasteiger partial charge in [-0.2, -0.15) is 0 Å². The summed E-state index contributed by atoms with van der Waals surface area (Å²) in [4.78, 5) is 37.4. The molecule has 0 fully saturated rings. The van der Waals surface area contributed by atoms with Crippen molar-refractivity contribution in [2.24, 2.45) is 0 Å². The minimum absolute atomic E-state index is 0.0231. The Hall–Kier alpha value is -2.56. The molecule has 10 heteroatoms. The molecule has 29 heavy (non-hydrogen) atoms. The Kier molecular flexibility index (Phi) is 6.46. The summed E-state index contributed by atoms with van der Waals surface area (Å²) in [7, 11) is -2.08. The molecule has 0 radical (unpaired) electrons. The predicted molar refractivity (Wildman–Crippen MR) is 106 cm³/mol. The van der Waals surface area contributed by atoms with E-state index >= 15 is 0 Å². The number of rotatable bonds is 9. The van der Waals surface area contributed by atoms with Crippen LogP contribution in [0, 0.1) is 0 Å². The van der Waals surface area contributed by atoms with Crippen molar-refractivity contribution in [1.82, 2.24) is 9.21 Å². The second-order valence-corrected chi connectivity index (χ2v) is 9.61. The van der Waals surface area contributed by atoms with Gasteiger partial charge in [0.1, 0.15) is 10.8 Å². The number of esters is 1. The van der Waals surface area contributed by atoms with Crippen molar-refractivity contribution in [3.63, 3.8) is 0 Å². The Bertz CT molecular complexity index is 982. The highest BCUT2D eigenvalue weighted by Gasteiger charge is 2.34. The van der Waals surface area contributed by atoms with Gasteiger partial charge in [0, 0.05) is 20.0 Å². The number of nitrogens with zero attached hydrogens (tertiary/aromatic N) is 2. The predicted octanol–water partition coefficient (Wildman–Crippen LogP) is 1.99. The van der Waals surface area contributed by atoms with Crippen LogP contribution in [0.3, 0.4) is 0 Å². The zero-order valence-electron chi connectivity index (χ0n) is 15.7. The average molecular weight is 437 g/mol. The number of hydrogen-bond acceptors (Lipinski definition) is 7. The largest absolute Gasteiger partial charge is 0.464 e. The Labute approximate surface area is 172 Å². The first kappa shape index (κ1) is 21.2. The first-order valence-electron chi connectivity index (χ1n) is 8.93. The van der Waals surface area contributed by atoms with E-state index in [9.17, 15) is 22.8 Å². The van der Waals surface area contributed by atoms with Crippen LogP contribution in [0.2, 0.25) is 0 Å². The van der Waals surface area contributed by atoms with Crippen molar-refractivity contribution in [2.75, 3.05) is 26.7 Å². The number of sulfonamides is 1. The Morgan fingerprint density at radius 1 is 1.10 bits per heavy atom. The Morgan fingerprint density at radius 2 is 1.76 bits per heavy atom. The number of ether oxygens (including phenoxy) is 1. The lowest BCUT2D eigenvalue weighted by molar-refractivity contribution is -0.144. The zero-order chi connectivity index (χ0) is 21.0. The van der Waals surface area contributed by atoms with E-state index in [2.05, 4.69) is 0 Å². The normalized spacial score (nSPS) is 13.8. The van der Waals surface area contributed by atoms with Gasteiger partial charge in [-0.3, -0.25) is 19.3 Å². The van der Waals surface area contributed by atoms with Gasteiger partial charge >= 0.3 is 5.97 Å². The number of hydrogen-bond donors (Lipinski definition) is 0. The molecule has 0 spiro atoms. The van der Waals surface area contributed by atoms with Crippen molar-refractivity contribution >= 4 is 39.1 Å². The standard InChI is InChI=1S/C19H20N2O6S2/c1-20(29(25,26)17-9-5-13-28-17)10-4-8-16(22)27-12-11-21-18(23)14-6-2-3-7-15(14)19(21)24/h2-3,5-7,9,13H,4,8,10-12H2,1H3. The highest BCUT2D eigenvalue weighted by atomic mass is 32.2. The van der Waals surface area contributed by atoms with Gasteiger partial charge in [-0.25, -0.2) is 12.7 Å². The van der Waals surface area contributed by atoms with Crippen LogP contribution in [0.15, 0.2) is 46.0 Å². The summed E-state index contributed by atoms with van der Waals surface area (Å²) in [6.07, 6.45) is 0.333. The van der Waals surface area contributed by atoms with Crippen molar-refractivity contribution in [1.29, 1.82) is 0 Å². The van der Waals surface area contributed by atoms with Crippen LogP contribution < -0.4 is 0 Å². The lowest BCUT2D eigenvalue weighted by Crippen LogP contribution is -2.33. The van der Waals surface area contributed by atoms with Crippen molar-refractivity contribution in [2.45, 2.75) is 17.1 Å². The van der Waals surface area contributed by atoms with E-state index in [0.717, 1.165) is 16.2 Å². The highest BCUT2D eigenvalue weighted by Crippen LogP contribution is 2.22. The average Bonchev–Trinajstić information content (AvgIpc) is 3.32. The quantitative estimate of drug-likeness (QED) is 0.440. The summed E-state index contributed by atoms with van der Waals surface area (Å²) in [5, 5.41) is 1.69. The van der Waals surface area contributed by atoms with Crippen LogP contribution >= 0.6 is 11.3 Å². The fourth-order valence-corrected chi connectivity index (χ4v) is 5.31. The van der Waals surface area contributed by atoms with E-state index in [1.54, 1.807) is 35.7 Å². The maximum absolute atomic E-state index is 12.3. The summed E-state index contributed by atoms with van der Waals surface area (Å²) in [6, 6.07) is 9.73. The summed E-state index contributed by atoms with van der Waals surface area (Å²) >= 11 is 1.14. The van der Waals surface area contributed by atoms with Gasteiger partial charge in [-0.15, -0.1) is 11.3 Å². The number of fused-ring (bicyclic) bond motifs is 1. The third-order valence-corrected chi connectivity index (χ3v) is 7.70. The van der Waals surface area contributed by atoms with Crippen LogP contribution in [0.4, 0.5) is 0 Å². The molecule has 3 rings (SSSR count). The van der Waals surface area contributed by atoms with E-state index in [1.807, 2.05) is 0 Å². The summed E-state index contributed by atoms with van der Waals surface area (Å²) < 4.78 is 31.1. The van der Waals surface area contributed by atoms with E-state index in [4.69, 9.17) is 4.74 Å². The molecule has 1 aliphatic rings. The molecule has 2 heterocycles. The Morgan fingerprint density at radius 3 is 2.34 bits per heavy atom. The summed E-state index contributed by atoms with van der Waals surface area (Å²) in [5.41, 5.74) is 0.692. The number of carbonyl (C=O) groups is 3. The van der Waals surface area contributed by atoms with Crippen LogP contribution in [0.25, 0.3) is 0 Å². The van der Waals surface area contributed by atoms with E-state index in [0.29, 0.717) is 17.5 Å². The van der Waals surface area contributed by atoms with Gasteiger partial charge in [-0.05, 0) is 30.0 Å². The molecule has 1 aromatic carbocycles. The van der Waals surface area contributed by atoms with Gasteiger partial charge in [0.2, 0.25) is 0 Å². The summed E-state index contributed by atoms with van der Waals surface area (Å²) in [5.74, 6) is -1.31. The molecule has 0 unspecified atom stereocenters. The molecule has 0 saturated heterocycles. The van der Waals surface area contributed by atoms with E-state index in [-0.39, 0.29) is 30.3 Å². The molecule has 0 atom stereocenters. The molecule has 154 valence electrons. The molecular weight excluding hydrogens is 416 g/mol. The first-order valence-corrected chi connectivity index (χ1v) is 11.2. The summed E-state index contributed by atoms with van der Waals surface area (Å²) in [6.45, 7) is 0.0477. The molecule has 0 bridgehead atoms. The van der Waals surface area contributed by atoms with Gasteiger partial charge in [-0.1, -0.05) is 18.2 Å². The van der Waals surface area contributed by atoms with Crippen LogP contribution in [0.1, 0.15) is 33.6 Å². The zero-order valence-corrected chi connectivity index (χ0v) is 17.4. The molecule has 2 aromatic rings. The minimum atomic E-state index is -3.54. The number of imide groups is 1. The van der Waals surface area contributed by atoms with Crippen molar-refractivity contribution in [3.8, 4) is 0 Å². The number of thiophene rings is 1. The molecule has 8 nitrogen and oxygen atoms in total. The van der Waals surface area contributed by atoms with Gasteiger partial charge in [0.15, 0.2) is 0 Å². The van der Waals surface area contributed by atoms with Crippen LogP contribution in [0.5, 0.6) is 0 Å². The Balaban J connectivity index is 1.40. The maximum Gasteiger partial charge on any atom is 0.305 e. The minimum Gasteiger partial charge on any atom is -0.464 e. The molecule has 1 aliphatic heterocycles. The molecule has 0 saturated carbocycles. The topological polar surface area (TPSA) is 101 Å². The van der Waals surface area contributed by atoms with Crippen LogP contribution in [-0.2, 0) is 19.6 Å². The van der Waals surface area contributed by atoms with Crippen molar-refractivity contribution in [3.05, 3.63) is 52.9 Å². The highest BCUT2D eigenvalue weighted by molar-refractivity contribution is 7.91. The van der Waals surface area contributed by atoms with E-state index < -0.39 is 27.8 Å². The third kappa shape index (κ3) is 4.55. The van der Waals surface area contributed by atoms with Gasteiger partial charge in [0.25, 0.3) is 21.8 Å². The second kappa shape index (κ2) is 8.85. The molecule has 1 aromatic heterocycles. The molecule has 0 N–H and O–H groups in total.